The number of carboxylic acid groups (broad SMARTS) is 1. The fourth-order valence-electron chi connectivity index (χ4n) is 2.40. The van der Waals surface area contributed by atoms with Crippen molar-refractivity contribution in [2.24, 2.45) is 0 Å². The smallest absolute Gasteiger partial charge is 0.404 e. The highest BCUT2D eigenvalue weighted by atomic mass is 35.5. The highest BCUT2D eigenvalue weighted by Crippen LogP contribution is 2.25. The Morgan fingerprint density at radius 2 is 2.00 bits per heavy atom. The maximum Gasteiger partial charge on any atom is 0.404 e. The molecule has 0 aliphatic heterocycles. The molecule has 3 aromatic rings. The molecule has 0 atom stereocenters. The van der Waals surface area contributed by atoms with Crippen molar-refractivity contribution in [1.29, 1.82) is 0 Å². The van der Waals surface area contributed by atoms with Crippen LogP contribution >= 0.6 is 11.6 Å². The van der Waals surface area contributed by atoms with Gasteiger partial charge in [-0.15, -0.1) is 0 Å². The molecule has 1 aromatic heterocycles. The normalized spacial score (nSPS) is 10.5. The molecule has 6 nitrogen and oxygen atoms in total. The zero-order valence-electron chi connectivity index (χ0n) is 13.4. The van der Waals surface area contributed by atoms with Crippen LogP contribution in [0.3, 0.4) is 0 Å². The molecule has 0 fully saturated rings. The zero-order valence-corrected chi connectivity index (χ0v) is 14.2. The van der Waals surface area contributed by atoms with Gasteiger partial charge < -0.3 is 15.2 Å². The summed E-state index contributed by atoms with van der Waals surface area (Å²) in [4.78, 5) is 10.7. The Labute approximate surface area is 149 Å². The van der Waals surface area contributed by atoms with Crippen molar-refractivity contribution in [1.82, 2.24) is 15.1 Å². The molecular formula is C18H16ClN3O3. The van der Waals surface area contributed by atoms with Crippen LogP contribution in [-0.4, -0.2) is 28.1 Å². The van der Waals surface area contributed by atoms with E-state index in [-0.39, 0.29) is 6.54 Å². The van der Waals surface area contributed by atoms with Gasteiger partial charge in [0, 0.05) is 23.3 Å². The third-order valence-corrected chi connectivity index (χ3v) is 4.07. The summed E-state index contributed by atoms with van der Waals surface area (Å²) in [6.45, 7) is 0.140. The second-order valence-corrected chi connectivity index (χ2v) is 5.72. The monoisotopic (exact) mass is 357 g/mol. The summed E-state index contributed by atoms with van der Waals surface area (Å²) >= 11 is 6.13. The third-order valence-electron chi connectivity index (χ3n) is 3.70. The molecule has 0 unspecified atom stereocenters. The maximum atomic E-state index is 10.7. The molecule has 7 heteroatoms. The summed E-state index contributed by atoms with van der Waals surface area (Å²) < 4.78 is 6.92. The van der Waals surface area contributed by atoms with Gasteiger partial charge in [-0.3, -0.25) is 0 Å². The van der Waals surface area contributed by atoms with Gasteiger partial charge in [0.25, 0.3) is 0 Å². The first-order chi connectivity index (χ1) is 12.1. The highest BCUT2D eigenvalue weighted by Gasteiger charge is 2.08. The van der Waals surface area contributed by atoms with Gasteiger partial charge in [0.05, 0.1) is 18.5 Å². The lowest BCUT2D eigenvalue weighted by atomic mass is 10.1. The van der Waals surface area contributed by atoms with Gasteiger partial charge >= 0.3 is 6.09 Å². The topological polar surface area (TPSA) is 76.4 Å². The summed E-state index contributed by atoms with van der Waals surface area (Å²) in [6.07, 6.45) is 0.770. The molecule has 0 aliphatic rings. The Balaban J connectivity index is 1.86. The van der Waals surface area contributed by atoms with E-state index < -0.39 is 6.09 Å². The van der Waals surface area contributed by atoms with E-state index in [9.17, 15) is 4.79 Å². The molecule has 0 bridgehead atoms. The number of ether oxygens (including phenoxy) is 1. The maximum absolute atomic E-state index is 10.7. The zero-order chi connectivity index (χ0) is 17.8. The molecule has 0 saturated carbocycles. The summed E-state index contributed by atoms with van der Waals surface area (Å²) in [7, 11) is 1.62. The SMILES string of the molecule is COc1ccc(-n2ccc(-c3ccc(Cl)c(CNC(=O)O)c3)n2)cc1. The van der Waals surface area contributed by atoms with Crippen LogP contribution in [0.4, 0.5) is 4.79 Å². The van der Waals surface area contributed by atoms with Gasteiger partial charge in [-0.25, -0.2) is 9.48 Å². The van der Waals surface area contributed by atoms with E-state index in [1.807, 2.05) is 48.7 Å². The van der Waals surface area contributed by atoms with E-state index in [4.69, 9.17) is 21.4 Å². The molecule has 2 aromatic carbocycles. The van der Waals surface area contributed by atoms with Crippen molar-refractivity contribution in [2.75, 3.05) is 7.11 Å². The minimum absolute atomic E-state index is 0.140. The lowest BCUT2D eigenvalue weighted by Gasteiger charge is -2.07. The summed E-state index contributed by atoms with van der Waals surface area (Å²) in [5.41, 5.74) is 3.23. The van der Waals surface area contributed by atoms with Gasteiger partial charge in [0.1, 0.15) is 5.75 Å². The van der Waals surface area contributed by atoms with E-state index in [1.165, 1.54) is 0 Å². The van der Waals surface area contributed by atoms with Crippen molar-refractivity contribution in [3.8, 4) is 22.7 Å². The Morgan fingerprint density at radius 3 is 2.68 bits per heavy atom. The molecule has 0 saturated heterocycles. The largest absolute Gasteiger partial charge is 0.497 e. The number of amides is 1. The van der Waals surface area contributed by atoms with Crippen molar-refractivity contribution in [3.63, 3.8) is 0 Å². The molecule has 0 spiro atoms. The molecule has 0 aliphatic carbocycles. The number of hydrogen-bond donors (Lipinski definition) is 2. The predicted molar refractivity (Wildman–Crippen MR) is 95.4 cm³/mol. The molecule has 1 amide bonds. The van der Waals surface area contributed by atoms with Crippen LogP contribution in [0.25, 0.3) is 16.9 Å². The van der Waals surface area contributed by atoms with E-state index >= 15 is 0 Å². The van der Waals surface area contributed by atoms with Crippen LogP contribution in [0.5, 0.6) is 5.75 Å². The standard InChI is InChI=1S/C18H16ClN3O3/c1-25-15-5-3-14(4-6-15)22-9-8-17(21-22)12-2-7-16(19)13(10-12)11-20-18(23)24/h2-10,20H,11H2,1H3,(H,23,24). The van der Waals surface area contributed by atoms with Crippen molar-refractivity contribution in [2.45, 2.75) is 6.54 Å². The van der Waals surface area contributed by atoms with Crippen LogP contribution in [0.15, 0.2) is 54.7 Å². The molecule has 128 valence electrons. The summed E-state index contributed by atoms with van der Waals surface area (Å²) in [6, 6.07) is 14.9. The van der Waals surface area contributed by atoms with E-state index in [0.717, 1.165) is 22.7 Å². The average Bonchev–Trinajstić information content (AvgIpc) is 3.11. The fraction of sp³-hybridized carbons (Fsp3) is 0.111. The van der Waals surface area contributed by atoms with Gasteiger partial charge in [0.2, 0.25) is 0 Å². The first-order valence-electron chi connectivity index (χ1n) is 7.52. The fourth-order valence-corrected chi connectivity index (χ4v) is 2.58. The van der Waals surface area contributed by atoms with Crippen LogP contribution in [0.2, 0.25) is 5.02 Å². The molecule has 1 heterocycles. The number of aromatic nitrogens is 2. The van der Waals surface area contributed by atoms with Crippen LogP contribution < -0.4 is 10.1 Å². The highest BCUT2D eigenvalue weighted by molar-refractivity contribution is 6.31. The number of halogens is 1. The summed E-state index contributed by atoms with van der Waals surface area (Å²) in [5, 5.41) is 16.1. The van der Waals surface area contributed by atoms with Gasteiger partial charge in [-0.05, 0) is 48.0 Å². The van der Waals surface area contributed by atoms with E-state index in [2.05, 4.69) is 10.4 Å². The van der Waals surface area contributed by atoms with Crippen LogP contribution in [0.1, 0.15) is 5.56 Å². The molecule has 2 N–H and O–H groups in total. The first kappa shape index (κ1) is 16.9. The Kier molecular flexibility index (Phi) is 4.90. The number of carbonyl (C=O) groups is 1. The Morgan fingerprint density at radius 1 is 1.24 bits per heavy atom. The first-order valence-corrected chi connectivity index (χ1v) is 7.90. The second-order valence-electron chi connectivity index (χ2n) is 5.31. The lowest BCUT2D eigenvalue weighted by Crippen LogP contribution is -2.20. The lowest BCUT2D eigenvalue weighted by molar-refractivity contribution is 0.194. The van der Waals surface area contributed by atoms with Crippen molar-refractivity contribution < 1.29 is 14.6 Å². The van der Waals surface area contributed by atoms with Crippen molar-refractivity contribution in [3.05, 3.63) is 65.3 Å². The molecular weight excluding hydrogens is 342 g/mol. The molecule has 3 rings (SSSR count). The number of nitrogens with zero attached hydrogens (tertiary/aromatic N) is 2. The van der Waals surface area contributed by atoms with E-state index in [1.54, 1.807) is 17.9 Å². The van der Waals surface area contributed by atoms with Gasteiger partial charge in [0.15, 0.2) is 0 Å². The average molecular weight is 358 g/mol. The number of rotatable bonds is 5. The Bertz CT molecular complexity index is 891. The second kappa shape index (κ2) is 7.27. The molecule has 25 heavy (non-hydrogen) atoms. The minimum Gasteiger partial charge on any atom is -0.497 e. The number of nitrogens with one attached hydrogen (secondary N) is 1. The van der Waals surface area contributed by atoms with Crippen LogP contribution in [0, 0.1) is 0 Å². The van der Waals surface area contributed by atoms with Crippen LogP contribution in [-0.2, 0) is 6.54 Å². The van der Waals surface area contributed by atoms with Gasteiger partial charge in [-0.1, -0.05) is 17.7 Å². The quantitative estimate of drug-likeness (QED) is 0.724. The van der Waals surface area contributed by atoms with E-state index in [0.29, 0.717) is 10.6 Å². The Hall–Kier alpha value is -2.99. The minimum atomic E-state index is -1.09. The predicted octanol–water partition coefficient (Wildman–Crippen LogP) is 3.97. The molecule has 0 radical (unpaired) electrons. The van der Waals surface area contributed by atoms with Gasteiger partial charge in [-0.2, -0.15) is 5.10 Å². The number of benzene rings is 2. The summed E-state index contributed by atoms with van der Waals surface area (Å²) in [5.74, 6) is 0.782. The van der Waals surface area contributed by atoms with Crippen molar-refractivity contribution >= 4 is 17.7 Å². The third kappa shape index (κ3) is 3.92. The number of methoxy groups -OCH3 is 1. The number of hydrogen-bond acceptors (Lipinski definition) is 3.